The first-order valence-corrected chi connectivity index (χ1v) is 7.47. The van der Waals surface area contributed by atoms with Gasteiger partial charge in [0.15, 0.2) is 0 Å². The highest BCUT2D eigenvalue weighted by molar-refractivity contribution is 5.92. The maximum atomic E-state index is 11.8. The van der Waals surface area contributed by atoms with Crippen LogP contribution in [0, 0.1) is 12.8 Å². The van der Waals surface area contributed by atoms with Crippen LogP contribution in [0.2, 0.25) is 0 Å². The SMILES string of the molecule is CCN1CCC(CNCC(=O)Nc2cccc(C)c2)C1. The lowest BCUT2D eigenvalue weighted by molar-refractivity contribution is -0.115. The number of likely N-dealkylation sites (tertiary alicyclic amines) is 1. The van der Waals surface area contributed by atoms with Gasteiger partial charge in [0.25, 0.3) is 0 Å². The van der Waals surface area contributed by atoms with Gasteiger partial charge in [-0.2, -0.15) is 0 Å². The molecule has 1 amide bonds. The lowest BCUT2D eigenvalue weighted by atomic mass is 10.1. The van der Waals surface area contributed by atoms with Crippen LogP contribution in [0.4, 0.5) is 5.69 Å². The Morgan fingerprint density at radius 1 is 1.45 bits per heavy atom. The monoisotopic (exact) mass is 275 g/mol. The molecule has 20 heavy (non-hydrogen) atoms. The number of amides is 1. The molecular formula is C16H25N3O. The zero-order valence-electron chi connectivity index (χ0n) is 12.5. The lowest BCUT2D eigenvalue weighted by Gasteiger charge is -2.13. The van der Waals surface area contributed by atoms with Crippen LogP contribution in [0.3, 0.4) is 0 Å². The Morgan fingerprint density at radius 3 is 3.00 bits per heavy atom. The number of hydrogen-bond donors (Lipinski definition) is 2. The molecule has 1 fully saturated rings. The van der Waals surface area contributed by atoms with E-state index >= 15 is 0 Å². The highest BCUT2D eigenvalue weighted by Crippen LogP contribution is 2.14. The Bertz CT molecular complexity index is 447. The third kappa shape index (κ3) is 4.62. The van der Waals surface area contributed by atoms with Gasteiger partial charge in [0.2, 0.25) is 5.91 Å². The number of hydrogen-bond acceptors (Lipinski definition) is 3. The molecule has 1 aromatic rings. The second kappa shape index (κ2) is 7.41. The minimum Gasteiger partial charge on any atom is -0.325 e. The van der Waals surface area contributed by atoms with E-state index < -0.39 is 0 Å². The van der Waals surface area contributed by atoms with Crippen molar-refractivity contribution in [3.05, 3.63) is 29.8 Å². The number of nitrogens with zero attached hydrogens (tertiary/aromatic N) is 1. The number of anilines is 1. The van der Waals surface area contributed by atoms with E-state index in [0.29, 0.717) is 12.5 Å². The van der Waals surface area contributed by atoms with Crippen LogP contribution >= 0.6 is 0 Å². The fourth-order valence-corrected chi connectivity index (χ4v) is 2.68. The molecule has 1 saturated heterocycles. The number of aryl methyl sites for hydroxylation is 1. The summed E-state index contributed by atoms with van der Waals surface area (Å²) >= 11 is 0. The van der Waals surface area contributed by atoms with Gasteiger partial charge in [-0.05, 0) is 56.6 Å². The quantitative estimate of drug-likeness (QED) is 0.833. The summed E-state index contributed by atoms with van der Waals surface area (Å²) < 4.78 is 0. The van der Waals surface area contributed by atoms with Crippen LogP contribution in [0.25, 0.3) is 0 Å². The van der Waals surface area contributed by atoms with Gasteiger partial charge in [-0.1, -0.05) is 19.1 Å². The molecule has 0 saturated carbocycles. The summed E-state index contributed by atoms with van der Waals surface area (Å²) in [6, 6.07) is 7.87. The van der Waals surface area contributed by atoms with Gasteiger partial charge in [0.1, 0.15) is 0 Å². The molecule has 110 valence electrons. The molecule has 1 unspecified atom stereocenters. The van der Waals surface area contributed by atoms with Gasteiger partial charge in [-0.3, -0.25) is 4.79 Å². The molecule has 1 aliphatic heterocycles. The number of carbonyl (C=O) groups excluding carboxylic acids is 1. The van der Waals surface area contributed by atoms with Crippen molar-refractivity contribution in [2.24, 2.45) is 5.92 Å². The number of nitrogens with one attached hydrogen (secondary N) is 2. The van der Waals surface area contributed by atoms with Gasteiger partial charge in [0, 0.05) is 12.2 Å². The normalized spacial score (nSPS) is 19.2. The average Bonchev–Trinajstić information content (AvgIpc) is 2.86. The first kappa shape index (κ1) is 15.0. The van der Waals surface area contributed by atoms with Crippen molar-refractivity contribution < 1.29 is 4.79 Å². The smallest absolute Gasteiger partial charge is 0.238 e. The summed E-state index contributed by atoms with van der Waals surface area (Å²) in [6.45, 7) is 9.01. The molecule has 0 spiro atoms. The van der Waals surface area contributed by atoms with Crippen LogP contribution in [-0.4, -0.2) is 43.5 Å². The van der Waals surface area contributed by atoms with Crippen molar-refractivity contribution in [1.82, 2.24) is 10.2 Å². The molecule has 4 heteroatoms. The Balaban J connectivity index is 1.66. The molecular weight excluding hydrogens is 250 g/mol. The predicted octanol–water partition coefficient (Wildman–Crippen LogP) is 1.86. The number of rotatable bonds is 6. The average molecular weight is 275 g/mol. The summed E-state index contributed by atoms with van der Waals surface area (Å²) in [7, 11) is 0. The molecule has 2 rings (SSSR count). The van der Waals surface area contributed by atoms with E-state index in [2.05, 4.69) is 22.5 Å². The largest absolute Gasteiger partial charge is 0.325 e. The summed E-state index contributed by atoms with van der Waals surface area (Å²) in [5, 5.41) is 6.18. The summed E-state index contributed by atoms with van der Waals surface area (Å²) in [4.78, 5) is 14.3. The highest BCUT2D eigenvalue weighted by atomic mass is 16.1. The minimum absolute atomic E-state index is 0.0287. The van der Waals surface area contributed by atoms with Gasteiger partial charge < -0.3 is 15.5 Å². The molecule has 0 bridgehead atoms. The molecule has 1 atom stereocenters. The molecule has 2 N–H and O–H groups in total. The van der Waals surface area contributed by atoms with E-state index in [9.17, 15) is 4.79 Å². The van der Waals surface area contributed by atoms with Crippen LogP contribution < -0.4 is 10.6 Å². The van der Waals surface area contributed by atoms with Crippen molar-refractivity contribution in [2.45, 2.75) is 20.3 Å². The minimum atomic E-state index is 0.0287. The van der Waals surface area contributed by atoms with E-state index in [1.165, 1.54) is 13.0 Å². The molecule has 4 nitrogen and oxygen atoms in total. The summed E-state index contributed by atoms with van der Waals surface area (Å²) in [5.74, 6) is 0.711. The van der Waals surface area contributed by atoms with E-state index in [1.54, 1.807) is 0 Å². The third-order valence-corrected chi connectivity index (χ3v) is 3.84. The fraction of sp³-hybridized carbons (Fsp3) is 0.562. The van der Waals surface area contributed by atoms with Gasteiger partial charge >= 0.3 is 0 Å². The summed E-state index contributed by atoms with van der Waals surface area (Å²) in [6.07, 6.45) is 1.24. The zero-order valence-corrected chi connectivity index (χ0v) is 12.5. The lowest BCUT2D eigenvalue weighted by Crippen LogP contribution is -2.32. The Kier molecular flexibility index (Phi) is 5.56. The second-order valence-electron chi connectivity index (χ2n) is 5.60. The van der Waals surface area contributed by atoms with Gasteiger partial charge in [-0.15, -0.1) is 0 Å². The Hall–Kier alpha value is -1.39. The van der Waals surface area contributed by atoms with E-state index in [0.717, 1.165) is 30.9 Å². The Morgan fingerprint density at radius 2 is 2.30 bits per heavy atom. The number of benzene rings is 1. The van der Waals surface area contributed by atoms with Crippen molar-refractivity contribution >= 4 is 11.6 Å². The summed E-state index contributed by atoms with van der Waals surface area (Å²) in [5.41, 5.74) is 2.02. The zero-order chi connectivity index (χ0) is 14.4. The first-order valence-electron chi connectivity index (χ1n) is 7.47. The molecule has 1 heterocycles. The molecule has 0 aliphatic carbocycles. The van der Waals surface area contributed by atoms with Crippen LogP contribution in [0.5, 0.6) is 0 Å². The maximum absolute atomic E-state index is 11.8. The topological polar surface area (TPSA) is 44.4 Å². The fourth-order valence-electron chi connectivity index (χ4n) is 2.68. The molecule has 1 aromatic carbocycles. The van der Waals surface area contributed by atoms with E-state index in [4.69, 9.17) is 0 Å². The Labute approximate surface area is 121 Å². The van der Waals surface area contributed by atoms with Crippen LogP contribution in [-0.2, 0) is 4.79 Å². The van der Waals surface area contributed by atoms with Crippen LogP contribution in [0.1, 0.15) is 18.9 Å². The molecule has 1 aliphatic rings. The van der Waals surface area contributed by atoms with Crippen LogP contribution in [0.15, 0.2) is 24.3 Å². The van der Waals surface area contributed by atoms with Crippen molar-refractivity contribution in [3.8, 4) is 0 Å². The van der Waals surface area contributed by atoms with Gasteiger partial charge in [-0.25, -0.2) is 0 Å². The maximum Gasteiger partial charge on any atom is 0.238 e. The predicted molar refractivity (Wildman–Crippen MR) is 82.9 cm³/mol. The van der Waals surface area contributed by atoms with Crippen molar-refractivity contribution in [2.75, 3.05) is 38.0 Å². The number of carbonyl (C=O) groups is 1. The van der Waals surface area contributed by atoms with Crippen molar-refractivity contribution in [1.29, 1.82) is 0 Å². The van der Waals surface area contributed by atoms with E-state index in [1.807, 2.05) is 31.2 Å². The van der Waals surface area contributed by atoms with Crippen molar-refractivity contribution in [3.63, 3.8) is 0 Å². The molecule has 0 radical (unpaired) electrons. The standard InChI is InChI=1S/C16H25N3O/c1-3-19-8-7-14(12-19)10-17-11-16(20)18-15-6-4-5-13(2)9-15/h4-6,9,14,17H,3,7-8,10-12H2,1-2H3,(H,18,20). The molecule has 0 aromatic heterocycles. The van der Waals surface area contributed by atoms with E-state index in [-0.39, 0.29) is 5.91 Å². The highest BCUT2D eigenvalue weighted by Gasteiger charge is 2.20. The first-order chi connectivity index (χ1) is 9.67. The van der Waals surface area contributed by atoms with Gasteiger partial charge in [0.05, 0.1) is 6.54 Å². The second-order valence-corrected chi connectivity index (χ2v) is 5.60. The third-order valence-electron chi connectivity index (χ3n) is 3.84.